The minimum absolute atomic E-state index is 0.0495. The molecule has 6 rings (SSSR count). The van der Waals surface area contributed by atoms with Crippen LogP contribution >= 0.6 is 0 Å². The number of nitrogens with one attached hydrogen (secondary N) is 2. The molecule has 202 valence electrons. The highest BCUT2D eigenvalue weighted by Crippen LogP contribution is 2.61. The predicted molar refractivity (Wildman–Crippen MR) is 147 cm³/mol. The second-order valence-corrected chi connectivity index (χ2v) is 11.9. The quantitative estimate of drug-likeness (QED) is 0.235. The minimum Gasteiger partial charge on any atom is -0.491 e. The predicted octanol–water partition coefficient (Wildman–Crippen LogP) is 4.92. The molecule has 0 spiro atoms. The summed E-state index contributed by atoms with van der Waals surface area (Å²) >= 11 is 0. The number of hydrogen-bond donors (Lipinski definition) is 3. The Bertz CT molecular complexity index is 1170. The van der Waals surface area contributed by atoms with Gasteiger partial charge in [-0.3, -0.25) is 15.0 Å². The lowest BCUT2D eigenvalue weighted by Gasteiger charge is -2.60. The third kappa shape index (κ3) is 5.57. The number of carbonyl (C=O) groups is 2. The first kappa shape index (κ1) is 26.3. The monoisotopic (exact) mass is 517 g/mol. The summed E-state index contributed by atoms with van der Waals surface area (Å²) < 4.78 is 11.5. The molecule has 4 aliphatic rings. The molecular formula is C31H39N3O4. The third-order valence-corrected chi connectivity index (χ3v) is 9.29. The summed E-state index contributed by atoms with van der Waals surface area (Å²) in [5, 5.41) is 10.5. The highest BCUT2D eigenvalue weighted by atomic mass is 16.5. The fourth-order valence-electron chi connectivity index (χ4n) is 6.79. The molecule has 0 aromatic heterocycles. The Labute approximate surface area is 225 Å². The molecule has 7 heteroatoms. The van der Waals surface area contributed by atoms with Crippen LogP contribution in [-0.2, 0) is 14.3 Å². The van der Waals surface area contributed by atoms with E-state index >= 15 is 0 Å². The van der Waals surface area contributed by atoms with Crippen molar-refractivity contribution in [3.05, 3.63) is 54.1 Å². The maximum Gasteiger partial charge on any atom is 0.306 e. The Kier molecular flexibility index (Phi) is 7.46. The van der Waals surface area contributed by atoms with Gasteiger partial charge >= 0.3 is 5.97 Å². The Morgan fingerprint density at radius 2 is 1.74 bits per heavy atom. The number of rotatable bonds is 10. The number of fused-ring (bicyclic) bond motifs is 2. The zero-order valence-electron chi connectivity index (χ0n) is 22.4. The smallest absolute Gasteiger partial charge is 0.306 e. The van der Waals surface area contributed by atoms with E-state index in [0.717, 1.165) is 35.1 Å². The van der Waals surface area contributed by atoms with Crippen molar-refractivity contribution in [2.24, 2.45) is 34.8 Å². The van der Waals surface area contributed by atoms with Crippen LogP contribution in [0.3, 0.4) is 0 Å². The molecule has 5 atom stereocenters. The second kappa shape index (κ2) is 10.8. The molecule has 2 aromatic rings. The molecule has 2 bridgehead atoms. The van der Waals surface area contributed by atoms with Crippen LogP contribution in [0.15, 0.2) is 48.5 Å². The first-order valence-electron chi connectivity index (χ1n) is 13.8. The molecule has 1 amide bonds. The van der Waals surface area contributed by atoms with Crippen molar-refractivity contribution < 1.29 is 19.1 Å². The Balaban J connectivity index is 1.03. The lowest BCUT2D eigenvalue weighted by atomic mass is 9.45. The Morgan fingerprint density at radius 1 is 1.05 bits per heavy atom. The van der Waals surface area contributed by atoms with Gasteiger partial charge in [-0.15, -0.1) is 0 Å². The fourth-order valence-corrected chi connectivity index (χ4v) is 6.79. The SMILES string of the molecule is CC1(C)C2CCC(CCOC(=O)C[C@@H]3C[C@@H](COc4ccc(-c5ccc(C(=N)N)cc5)cc4)NC3=O)C1C2. The number of ether oxygens (including phenoxy) is 2. The van der Waals surface area contributed by atoms with E-state index in [1.165, 1.54) is 19.3 Å². The fraction of sp³-hybridized carbons (Fsp3) is 0.516. The van der Waals surface area contributed by atoms with Crippen LogP contribution in [0.1, 0.15) is 57.9 Å². The molecule has 3 saturated carbocycles. The van der Waals surface area contributed by atoms with Crippen LogP contribution in [0, 0.1) is 34.5 Å². The second-order valence-electron chi connectivity index (χ2n) is 11.9. The number of carbonyl (C=O) groups excluding carboxylic acids is 2. The van der Waals surface area contributed by atoms with Gasteiger partial charge in [0.15, 0.2) is 0 Å². The first-order valence-corrected chi connectivity index (χ1v) is 13.8. The van der Waals surface area contributed by atoms with Gasteiger partial charge in [0.1, 0.15) is 18.2 Å². The molecule has 3 aliphatic carbocycles. The molecule has 0 radical (unpaired) electrons. The number of nitrogens with two attached hydrogens (primary N) is 1. The standard InChI is InChI=1S/C31H39N3O4/c1-31(2)24-10-7-21(27(31)17-24)13-14-37-28(35)16-23-15-25(34-30(23)36)18-38-26-11-8-20(9-12-26)19-3-5-22(6-4-19)29(32)33/h3-6,8-9,11-12,21,23-25,27H,7,10,13-18H2,1-2H3,(H3,32,33)(H,34,36)/t21?,23-,24?,25-,27?/m0/s1. The van der Waals surface area contributed by atoms with Crippen LogP contribution in [-0.4, -0.2) is 37.0 Å². The molecular weight excluding hydrogens is 478 g/mol. The van der Waals surface area contributed by atoms with Gasteiger partial charge in [0.05, 0.1) is 25.0 Å². The summed E-state index contributed by atoms with van der Waals surface area (Å²) in [5.74, 6) is 2.31. The van der Waals surface area contributed by atoms with Crippen LogP contribution < -0.4 is 15.8 Å². The summed E-state index contributed by atoms with van der Waals surface area (Å²) in [6.45, 7) is 5.58. The molecule has 4 fully saturated rings. The average molecular weight is 518 g/mol. The molecule has 2 aromatic carbocycles. The summed E-state index contributed by atoms with van der Waals surface area (Å²) in [6.07, 6.45) is 5.50. The van der Waals surface area contributed by atoms with Crippen molar-refractivity contribution >= 4 is 17.7 Å². The topological polar surface area (TPSA) is 114 Å². The van der Waals surface area contributed by atoms with Gasteiger partial charge in [0.25, 0.3) is 0 Å². The average Bonchev–Trinajstić information content (AvgIpc) is 3.26. The summed E-state index contributed by atoms with van der Waals surface area (Å²) in [6, 6.07) is 15.1. The van der Waals surface area contributed by atoms with Crippen LogP contribution in [0.4, 0.5) is 0 Å². The van der Waals surface area contributed by atoms with Gasteiger partial charge in [-0.2, -0.15) is 0 Å². The third-order valence-electron chi connectivity index (χ3n) is 9.29. The number of hydrogen-bond acceptors (Lipinski definition) is 5. The number of esters is 1. The molecule has 7 nitrogen and oxygen atoms in total. The zero-order valence-corrected chi connectivity index (χ0v) is 22.4. The van der Waals surface area contributed by atoms with E-state index in [4.69, 9.17) is 20.6 Å². The molecule has 4 N–H and O–H groups in total. The maximum atomic E-state index is 12.4. The van der Waals surface area contributed by atoms with E-state index in [1.807, 2.05) is 48.5 Å². The van der Waals surface area contributed by atoms with Crippen LogP contribution in [0.25, 0.3) is 11.1 Å². The molecule has 1 saturated heterocycles. The van der Waals surface area contributed by atoms with Crippen LogP contribution in [0.5, 0.6) is 5.75 Å². The zero-order chi connectivity index (χ0) is 26.9. The van der Waals surface area contributed by atoms with Crippen molar-refractivity contribution in [1.29, 1.82) is 5.41 Å². The van der Waals surface area contributed by atoms with Crippen molar-refractivity contribution in [2.45, 2.75) is 58.4 Å². The largest absolute Gasteiger partial charge is 0.491 e. The molecule has 3 unspecified atom stereocenters. The number of benzene rings is 2. The van der Waals surface area contributed by atoms with Crippen molar-refractivity contribution in [3.63, 3.8) is 0 Å². The van der Waals surface area contributed by atoms with Crippen molar-refractivity contribution in [1.82, 2.24) is 5.32 Å². The normalized spacial score (nSPS) is 27.2. The number of amidine groups is 1. The maximum absolute atomic E-state index is 12.4. The lowest BCUT2D eigenvalue weighted by Crippen LogP contribution is -2.52. The van der Waals surface area contributed by atoms with Gasteiger partial charge in [-0.05, 0) is 78.5 Å². The van der Waals surface area contributed by atoms with E-state index in [9.17, 15) is 9.59 Å². The van der Waals surface area contributed by atoms with E-state index < -0.39 is 0 Å². The molecule has 38 heavy (non-hydrogen) atoms. The van der Waals surface area contributed by atoms with Gasteiger partial charge in [0, 0.05) is 5.56 Å². The van der Waals surface area contributed by atoms with E-state index in [1.54, 1.807) is 0 Å². The van der Waals surface area contributed by atoms with Crippen LogP contribution in [0.2, 0.25) is 0 Å². The number of nitrogen functional groups attached to an aromatic ring is 1. The minimum atomic E-state index is -0.363. The van der Waals surface area contributed by atoms with Gasteiger partial charge in [-0.1, -0.05) is 50.2 Å². The summed E-state index contributed by atoms with van der Waals surface area (Å²) in [4.78, 5) is 24.9. The summed E-state index contributed by atoms with van der Waals surface area (Å²) in [5.41, 5.74) is 8.72. The van der Waals surface area contributed by atoms with E-state index in [0.29, 0.717) is 36.5 Å². The van der Waals surface area contributed by atoms with E-state index in [2.05, 4.69) is 19.2 Å². The lowest BCUT2D eigenvalue weighted by molar-refractivity contribution is -0.149. The van der Waals surface area contributed by atoms with Gasteiger partial charge < -0.3 is 20.5 Å². The Hall–Kier alpha value is -3.35. The van der Waals surface area contributed by atoms with Crippen molar-refractivity contribution in [3.8, 4) is 16.9 Å². The molecule has 1 heterocycles. The van der Waals surface area contributed by atoms with Crippen molar-refractivity contribution in [2.75, 3.05) is 13.2 Å². The highest BCUT2D eigenvalue weighted by Gasteiger charge is 2.53. The molecule has 1 aliphatic heterocycles. The Morgan fingerprint density at radius 3 is 2.37 bits per heavy atom. The van der Waals surface area contributed by atoms with Gasteiger partial charge in [0.2, 0.25) is 5.91 Å². The van der Waals surface area contributed by atoms with Gasteiger partial charge in [-0.25, -0.2) is 0 Å². The number of amides is 1. The first-order chi connectivity index (χ1) is 18.2. The summed E-state index contributed by atoms with van der Waals surface area (Å²) in [7, 11) is 0. The van der Waals surface area contributed by atoms with E-state index in [-0.39, 0.29) is 36.1 Å². The highest BCUT2D eigenvalue weighted by molar-refractivity contribution is 5.95.